The first-order chi connectivity index (χ1) is 10.2. The summed E-state index contributed by atoms with van der Waals surface area (Å²) in [6.07, 6.45) is 2.25. The molecule has 2 atom stereocenters. The number of ether oxygens (including phenoxy) is 1. The molecule has 0 unspecified atom stereocenters. The van der Waals surface area contributed by atoms with E-state index in [-0.39, 0.29) is 18.1 Å². The molecule has 3 rings (SSSR count). The van der Waals surface area contributed by atoms with Crippen LogP contribution in [0.15, 0.2) is 48.7 Å². The van der Waals surface area contributed by atoms with Crippen LogP contribution in [0.3, 0.4) is 0 Å². The first kappa shape index (κ1) is 14.0. The normalized spacial score (nSPS) is 21.2. The highest BCUT2D eigenvalue weighted by atomic mass is 35.5. The number of halogens is 1. The van der Waals surface area contributed by atoms with Gasteiger partial charge in [0.2, 0.25) is 0 Å². The Morgan fingerprint density at radius 3 is 2.76 bits per heavy atom. The maximum absolute atomic E-state index is 12.2. The van der Waals surface area contributed by atoms with Crippen LogP contribution in [0.5, 0.6) is 0 Å². The molecule has 2 aromatic rings. The maximum atomic E-state index is 12.2. The van der Waals surface area contributed by atoms with Crippen molar-refractivity contribution in [3.05, 3.63) is 64.9 Å². The Bertz CT molecular complexity index is 616. The number of rotatable bonds is 3. The maximum Gasteiger partial charge on any atom is 0.270 e. The summed E-state index contributed by atoms with van der Waals surface area (Å²) < 4.78 is 5.75. The molecular formula is C16H15ClN2O2. The summed E-state index contributed by atoms with van der Waals surface area (Å²) in [6, 6.07) is 12.7. The van der Waals surface area contributed by atoms with Gasteiger partial charge in [0, 0.05) is 17.8 Å². The summed E-state index contributed by atoms with van der Waals surface area (Å²) in [5.41, 5.74) is 1.43. The van der Waals surface area contributed by atoms with Gasteiger partial charge < -0.3 is 10.1 Å². The second kappa shape index (κ2) is 6.24. The Hall–Kier alpha value is -1.91. The number of nitrogens with one attached hydrogen (secondary N) is 1. The topological polar surface area (TPSA) is 51.2 Å². The van der Waals surface area contributed by atoms with E-state index in [1.54, 1.807) is 24.4 Å². The van der Waals surface area contributed by atoms with E-state index in [0.717, 1.165) is 12.0 Å². The molecule has 0 aliphatic carbocycles. The van der Waals surface area contributed by atoms with Gasteiger partial charge >= 0.3 is 0 Å². The molecule has 21 heavy (non-hydrogen) atoms. The summed E-state index contributed by atoms with van der Waals surface area (Å²) in [7, 11) is 0. The highest BCUT2D eigenvalue weighted by Crippen LogP contribution is 2.30. The summed E-state index contributed by atoms with van der Waals surface area (Å²) >= 11 is 5.90. The van der Waals surface area contributed by atoms with E-state index in [1.165, 1.54) is 0 Å². The predicted molar refractivity (Wildman–Crippen MR) is 80.3 cm³/mol. The van der Waals surface area contributed by atoms with Gasteiger partial charge in [0.25, 0.3) is 5.91 Å². The zero-order valence-corrected chi connectivity index (χ0v) is 12.1. The molecule has 0 spiro atoms. The van der Waals surface area contributed by atoms with E-state index >= 15 is 0 Å². The van der Waals surface area contributed by atoms with Crippen LogP contribution in [0.25, 0.3) is 0 Å². The zero-order chi connectivity index (χ0) is 14.7. The van der Waals surface area contributed by atoms with Crippen molar-refractivity contribution < 1.29 is 9.53 Å². The molecule has 1 aromatic carbocycles. The lowest BCUT2D eigenvalue weighted by atomic mass is 10.0. The lowest BCUT2D eigenvalue weighted by Crippen LogP contribution is -2.37. The molecule has 1 aromatic heterocycles. The molecule has 4 nitrogen and oxygen atoms in total. The Morgan fingerprint density at radius 2 is 2.05 bits per heavy atom. The third-order valence-electron chi connectivity index (χ3n) is 3.50. The SMILES string of the molecule is O=C(N[C@@H]1CCO[C@@H]1c1ccc(Cl)cc1)c1ccccn1. The minimum absolute atomic E-state index is 0.0549. The standard InChI is InChI=1S/C16H15ClN2O2/c17-12-6-4-11(5-7-12)15-13(8-10-21-15)19-16(20)14-3-1-2-9-18-14/h1-7,9,13,15H,8,10H2,(H,19,20)/t13-,15-/m1/s1. The van der Waals surface area contributed by atoms with Crippen molar-refractivity contribution >= 4 is 17.5 Å². The molecule has 1 saturated heterocycles. The Labute approximate surface area is 128 Å². The molecule has 1 fully saturated rings. The monoisotopic (exact) mass is 302 g/mol. The van der Waals surface area contributed by atoms with Crippen molar-refractivity contribution in [2.45, 2.75) is 18.6 Å². The largest absolute Gasteiger partial charge is 0.371 e. The molecule has 2 heterocycles. The molecule has 0 radical (unpaired) electrons. The molecule has 1 aliphatic heterocycles. The Kier molecular flexibility index (Phi) is 4.18. The summed E-state index contributed by atoms with van der Waals surface area (Å²) in [5, 5.41) is 3.68. The van der Waals surface area contributed by atoms with Gasteiger partial charge in [0.1, 0.15) is 11.8 Å². The predicted octanol–water partition coefficient (Wildman–Crippen LogP) is 3.00. The fourth-order valence-corrected chi connectivity index (χ4v) is 2.58. The van der Waals surface area contributed by atoms with Crippen molar-refractivity contribution in [2.75, 3.05) is 6.61 Å². The lowest BCUT2D eigenvalue weighted by Gasteiger charge is -2.20. The molecule has 0 bridgehead atoms. The van der Waals surface area contributed by atoms with Gasteiger partial charge in [0.15, 0.2) is 0 Å². The van der Waals surface area contributed by atoms with Crippen molar-refractivity contribution in [2.24, 2.45) is 0 Å². The van der Waals surface area contributed by atoms with E-state index in [1.807, 2.05) is 24.3 Å². The van der Waals surface area contributed by atoms with Crippen LogP contribution in [0.1, 0.15) is 28.6 Å². The quantitative estimate of drug-likeness (QED) is 0.948. The number of carbonyl (C=O) groups excluding carboxylic acids is 1. The number of hydrogen-bond donors (Lipinski definition) is 1. The first-order valence-electron chi connectivity index (χ1n) is 6.83. The molecule has 1 aliphatic rings. The fraction of sp³-hybridized carbons (Fsp3) is 0.250. The molecule has 1 N–H and O–H groups in total. The smallest absolute Gasteiger partial charge is 0.270 e. The highest BCUT2D eigenvalue weighted by Gasteiger charge is 2.31. The Morgan fingerprint density at radius 1 is 1.24 bits per heavy atom. The highest BCUT2D eigenvalue weighted by molar-refractivity contribution is 6.30. The average Bonchev–Trinajstić information content (AvgIpc) is 2.97. The van der Waals surface area contributed by atoms with Gasteiger partial charge in [-0.2, -0.15) is 0 Å². The average molecular weight is 303 g/mol. The molecule has 5 heteroatoms. The minimum atomic E-state index is -0.176. The van der Waals surface area contributed by atoms with E-state index in [2.05, 4.69) is 10.3 Å². The Balaban J connectivity index is 1.72. The van der Waals surface area contributed by atoms with Gasteiger partial charge in [-0.1, -0.05) is 29.8 Å². The van der Waals surface area contributed by atoms with Crippen LogP contribution in [0, 0.1) is 0 Å². The van der Waals surface area contributed by atoms with Crippen LogP contribution in [0.4, 0.5) is 0 Å². The third kappa shape index (κ3) is 3.23. The summed E-state index contributed by atoms with van der Waals surface area (Å²) in [4.78, 5) is 16.2. The van der Waals surface area contributed by atoms with Gasteiger partial charge in [-0.15, -0.1) is 0 Å². The molecular weight excluding hydrogens is 288 g/mol. The molecule has 1 amide bonds. The van der Waals surface area contributed by atoms with Crippen LogP contribution < -0.4 is 5.32 Å². The van der Waals surface area contributed by atoms with Gasteiger partial charge in [-0.25, -0.2) is 0 Å². The zero-order valence-electron chi connectivity index (χ0n) is 11.3. The molecule has 108 valence electrons. The van der Waals surface area contributed by atoms with Gasteiger partial charge in [-0.05, 0) is 36.2 Å². The van der Waals surface area contributed by atoms with Crippen LogP contribution in [-0.2, 0) is 4.74 Å². The van der Waals surface area contributed by atoms with Crippen molar-refractivity contribution in [1.82, 2.24) is 10.3 Å². The lowest BCUT2D eigenvalue weighted by molar-refractivity contribution is 0.0818. The second-order valence-electron chi connectivity index (χ2n) is 4.93. The minimum Gasteiger partial charge on any atom is -0.371 e. The fourth-order valence-electron chi connectivity index (χ4n) is 2.46. The summed E-state index contributed by atoms with van der Waals surface area (Å²) in [5.74, 6) is -0.176. The third-order valence-corrected chi connectivity index (χ3v) is 3.76. The van der Waals surface area contributed by atoms with Crippen LogP contribution >= 0.6 is 11.6 Å². The second-order valence-corrected chi connectivity index (χ2v) is 5.36. The van der Waals surface area contributed by atoms with Gasteiger partial charge in [0.05, 0.1) is 6.04 Å². The van der Waals surface area contributed by atoms with Crippen molar-refractivity contribution in [3.63, 3.8) is 0 Å². The number of hydrogen-bond acceptors (Lipinski definition) is 3. The number of pyridine rings is 1. The van der Waals surface area contributed by atoms with Crippen molar-refractivity contribution in [1.29, 1.82) is 0 Å². The van der Waals surface area contributed by atoms with Crippen LogP contribution in [-0.4, -0.2) is 23.5 Å². The number of amides is 1. The van der Waals surface area contributed by atoms with Gasteiger partial charge in [-0.3, -0.25) is 9.78 Å². The number of nitrogens with zero attached hydrogens (tertiary/aromatic N) is 1. The molecule has 0 saturated carbocycles. The van der Waals surface area contributed by atoms with E-state index in [4.69, 9.17) is 16.3 Å². The van der Waals surface area contributed by atoms with E-state index < -0.39 is 0 Å². The van der Waals surface area contributed by atoms with E-state index in [9.17, 15) is 4.79 Å². The van der Waals surface area contributed by atoms with Crippen molar-refractivity contribution in [3.8, 4) is 0 Å². The van der Waals surface area contributed by atoms with E-state index in [0.29, 0.717) is 17.3 Å². The number of carbonyl (C=O) groups is 1. The number of aromatic nitrogens is 1. The number of benzene rings is 1. The van der Waals surface area contributed by atoms with Crippen LogP contribution in [0.2, 0.25) is 5.02 Å². The first-order valence-corrected chi connectivity index (χ1v) is 7.21. The summed E-state index contributed by atoms with van der Waals surface area (Å²) in [6.45, 7) is 0.625.